The van der Waals surface area contributed by atoms with Gasteiger partial charge in [0.1, 0.15) is 6.73 Å². The smallest absolute Gasteiger partial charge is 0.184 e. The molecule has 0 atom stereocenters. The fraction of sp³-hybridized carbons (Fsp3) is 0.259. The second-order valence-electron chi connectivity index (χ2n) is 9.91. The van der Waals surface area contributed by atoms with Gasteiger partial charge in [0, 0.05) is 36.9 Å². The predicted molar refractivity (Wildman–Crippen MR) is 140 cm³/mol. The third-order valence-corrected chi connectivity index (χ3v) is 7.79. The Morgan fingerprint density at radius 1 is 0.882 bits per heavy atom. The van der Waals surface area contributed by atoms with E-state index in [0.717, 1.165) is 40.4 Å². The molecule has 0 radical (unpaired) electrons. The fourth-order valence-corrected chi connectivity index (χ4v) is 4.93. The van der Waals surface area contributed by atoms with Crippen molar-refractivity contribution < 1.29 is 4.74 Å². The largest absolute Gasteiger partial charge is 0.359 e. The van der Waals surface area contributed by atoms with Crippen LogP contribution in [0.3, 0.4) is 0 Å². The number of rotatable bonds is 7. The lowest BCUT2D eigenvalue weighted by atomic mass is 9.96. The van der Waals surface area contributed by atoms with Crippen molar-refractivity contribution in [3.8, 4) is 22.5 Å². The Bertz CT molecular complexity index is 1470. The van der Waals surface area contributed by atoms with E-state index < -0.39 is 8.07 Å². The maximum atomic E-state index is 5.88. The molecule has 2 heterocycles. The van der Waals surface area contributed by atoms with Crippen LogP contribution in [-0.4, -0.2) is 39.9 Å². The summed E-state index contributed by atoms with van der Waals surface area (Å²) in [6.07, 6.45) is 0. The van der Waals surface area contributed by atoms with E-state index in [1.54, 1.807) is 4.68 Å². The van der Waals surface area contributed by atoms with Crippen molar-refractivity contribution in [2.45, 2.75) is 39.3 Å². The summed E-state index contributed by atoms with van der Waals surface area (Å²) < 4.78 is 7.60. The van der Waals surface area contributed by atoms with Gasteiger partial charge in [0.2, 0.25) is 0 Å². The van der Waals surface area contributed by atoms with Crippen molar-refractivity contribution in [1.82, 2.24) is 25.2 Å². The maximum absolute atomic E-state index is 5.88. The first-order valence-corrected chi connectivity index (χ1v) is 15.3. The van der Waals surface area contributed by atoms with Crippen molar-refractivity contribution >= 4 is 29.7 Å². The number of aromatic nitrogens is 5. The van der Waals surface area contributed by atoms with E-state index >= 15 is 0 Å². The average Bonchev–Trinajstić information content (AvgIpc) is 3.29. The molecular weight excluding hydrogens is 438 g/mol. The van der Waals surface area contributed by atoms with Gasteiger partial charge in [-0.25, -0.2) is 0 Å². The topological polar surface area (TPSA) is 65.7 Å². The molecule has 0 unspecified atom stereocenters. The minimum atomic E-state index is -1.14. The lowest BCUT2D eigenvalue weighted by Gasteiger charge is -2.15. The van der Waals surface area contributed by atoms with E-state index in [0.29, 0.717) is 12.6 Å². The summed E-state index contributed by atoms with van der Waals surface area (Å²) in [4.78, 5) is 4.91. The van der Waals surface area contributed by atoms with Crippen LogP contribution in [0.2, 0.25) is 25.7 Å². The molecule has 0 N–H and O–H groups in total. The van der Waals surface area contributed by atoms with Gasteiger partial charge in [-0.3, -0.25) is 4.98 Å². The summed E-state index contributed by atoms with van der Waals surface area (Å²) in [7, 11) is -1.14. The molecular formula is C27H29N5OSi. The van der Waals surface area contributed by atoms with Crippen molar-refractivity contribution in [1.29, 1.82) is 0 Å². The first kappa shape index (κ1) is 22.4. The van der Waals surface area contributed by atoms with Crippen LogP contribution in [-0.2, 0) is 11.5 Å². The van der Waals surface area contributed by atoms with Crippen molar-refractivity contribution in [2.75, 3.05) is 6.61 Å². The highest BCUT2D eigenvalue weighted by Crippen LogP contribution is 2.33. The van der Waals surface area contributed by atoms with Gasteiger partial charge in [-0.15, -0.1) is 5.10 Å². The third kappa shape index (κ3) is 4.62. The molecule has 5 aromatic rings. The normalized spacial score (nSPS) is 12.0. The van der Waals surface area contributed by atoms with Crippen LogP contribution in [0.25, 0.3) is 44.2 Å². The highest BCUT2D eigenvalue weighted by molar-refractivity contribution is 6.76. The van der Waals surface area contributed by atoms with Gasteiger partial charge < -0.3 is 4.74 Å². The van der Waals surface area contributed by atoms with Gasteiger partial charge in [0.05, 0.1) is 5.52 Å². The molecule has 5 rings (SSSR count). The SMILES string of the molecule is Cc1nc2ccc(-c3nnnn3COCC[Si](C)(C)C)cc2cc1-c1cccc2ccccc12. The molecule has 7 heteroatoms. The molecule has 172 valence electrons. The third-order valence-electron chi connectivity index (χ3n) is 6.09. The predicted octanol–water partition coefficient (Wildman–Crippen LogP) is 6.33. The van der Waals surface area contributed by atoms with Crippen molar-refractivity contribution in [3.05, 3.63) is 72.4 Å². The minimum Gasteiger partial charge on any atom is -0.359 e. The van der Waals surface area contributed by atoms with E-state index in [1.807, 2.05) is 12.1 Å². The zero-order chi connectivity index (χ0) is 23.7. The molecule has 6 nitrogen and oxygen atoms in total. The van der Waals surface area contributed by atoms with Gasteiger partial charge in [-0.2, -0.15) is 4.68 Å². The van der Waals surface area contributed by atoms with Crippen LogP contribution >= 0.6 is 0 Å². The molecule has 0 bridgehead atoms. The Kier molecular flexibility index (Phi) is 5.97. The maximum Gasteiger partial charge on any atom is 0.184 e. The number of hydrogen-bond acceptors (Lipinski definition) is 5. The number of pyridine rings is 1. The Morgan fingerprint density at radius 3 is 2.56 bits per heavy atom. The summed E-state index contributed by atoms with van der Waals surface area (Å²) >= 11 is 0. The Balaban J connectivity index is 1.49. The molecule has 0 amide bonds. The molecule has 3 aromatic carbocycles. The molecule has 0 aliphatic heterocycles. The second-order valence-corrected chi connectivity index (χ2v) is 15.5. The lowest BCUT2D eigenvalue weighted by Crippen LogP contribution is -2.22. The molecule has 0 saturated carbocycles. The minimum absolute atomic E-state index is 0.345. The van der Waals surface area contributed by atoms with E-state index in [2.05, 4.69) is 96.7 Å². The van der Waals surface area contributed by atoms with Crippen molar-refractivity contribution in [3.63, 3.8) is 0 Å². The zero-order valence-electron chi connectivity index (χ0n) is 20.1. The van der Waals surface area contributed by atoms with Crippen LogP contribution in [0.5, 0.6) is 0 Å². The zero-order valence-corrected chi connectivity index (χ0v) is 21.1. The van der Waals surface area contributed by atoms with Crippen LogP contribution in [0.1, 0.15) is 5.69 Å². The van der Waals surface area contributed by atoms with Gasteiger partial charge >= 0.3 is 0 Å². The van der Waals surface area contributed by atoms with Crippen LogP contribution < -0.4 is 0 Å². The molecule has 0 fully saturated rings. The molecule has 0 saturated heterocycles. The van der Waals surface area contributed by atoms with Crippen LogP contribution in [0, 0.1) is 6.92 Å². The number of tetrazole rings is 1. The molecule has 0 aliphatic rings. The molecule has 0 aliphatic carbocycles. The number of hydrogen-bond donors (Lipinski definition) is 0. The summed E-state index contributed by atoms with van der Waals surface area (Å²) in [5.74, 6) is 0.696. The highest BCUT2D eigenvalue weighted by atomic mass is 28.3. The fourth-order valence-electron chi connectivity index (χ4n) is 4.17. The van der Waals surface area contributed by atoms with Crippen LogP contribution in [0.4, 0.5) is 0 Å². The lowest BCUT2D eigenvalue weighted by molar-refractivity contribution is 0.0784. The van der Waals surface area contributed by atoms with Gasteiger partial charge in [-0.1, -0.05) is 62.1 Å². The summed E-state index contributed by atoms with van der Waals surface area (Å²) in [6, 6.07) is 24.4. The number of ether oxygens (including phenoxy) is 1. The summed E-state index contributed by atoms with van der Waals surface area (Å²) in [6.45, 7) is 10.2. The molecule has 34 heavy (non-hydrogen) atoms. The summed E-state index contributed by atoms with van der Waals surface area (Å²) in [5, 5.41) is 15.8. The van der Waals surface area contributed by atoms with E-state index in [4.69, 9.17) is 9.72 Å². The van der Waals surface area contributed by atoms with Gasteiger partial charge in [-0.05, 0) is 64.0 Å². The summed E-state index contributed by atoms with van der Waals surface area (Å²) in [5.41, 5.74) is 5.24. The monoisotopic (exact) mass is 467 g/mol. The number of benzene rings is 3. The standard InChI is InChI=1S/C27H29N5OSi/c1-19-25(24-11-7-9-20-8-5-6-10-23(20)24)17-22-16-21(12-13-26(22)28-19)27-29-30-31-32(27)18-33-14-15-34(2,3)4/h5-13,16-17H,14-15,18H2,1-4H3. The Labute approximate surface area is 200 Å². The molecule has 2 aromatic heterocycles. The average molecular weight is 468 g/mol. The first-order valence-electron chi connectivity index (χ1n) is 11.6. The number of nitrogens with zero attached hydrogens (tertiary/aromatic N) is 5. The van der Waals surface area contributed by atoms with Gasteiger partial charge in [0.25, 0.3) is 0 Å². The van der Waals surface area contributed by atoms with E-state index in [9.17, 15) is 0 Å². The van der Waals surface area contributed by atoms with Gasteiger partial charge in [0.15, 0.2) is 5.82 Å². The Hall–Kier alpha value is -3.42. The van der Waals surface area contributed by atoms with E-state index in [1.165, 1.54) is 16.3 Å². The van der Waals surface area contributed by atoms with Crippen molar-refractivity contribution in [2.24, 2.45) is 0 Å². The Morgan fingerprint density at radius 2 is 1.71 bits per heavy atom. The number of aryl methyl sites for hydroxylation is 1. The molecule has 0 spiro atoms. The number of fused-ring (bicyclic) bond motifs is 2. The van der Waals surface area contributed by atoms with Crippen LogP contribution in [0.15, 0.2) is 66.7 Å². The highest BCUT2D eigenvalue weighted by Gasteiger charge is 2.15. The van der Waals surface area contributed by atoms with E-state index in [-0.39, 0.29) is 0 Å². The quantitative estimate of drug-likeness (QED) is 0.207. The first-order chi connectivity index (χ1) is 16.4. The second kappa shape index (κ2) is 9.08.